The average Bonchev–Trinajstić information content (AvgIpc) is 2.62. The molecule has 142 valence electrons. The largest absolute Gasteiger partial charge is 0.481 e. The summed E-state index contributed by atoms with van der Waals surface area (Å²) in [5, 5.41) is 22.7. The van der Waals surface area contributed by atoms with Gasteiger partial charge in [0.15, 0.2) is 0 Å². The highest BCUT2D eigenvalue weighted by Crippen LogP contribution is 2.23. The van der Waals surface area contributed by atoms with Crippen LogP contribution in [0.2, 0.25) is 5.02 Å². The van der Waals surface area contributed by atoms with Crippen LogP contribution in [0.3, 0.4) is 0 Å². The van der Waals surface area contributed by atoms with E-state index in [1.807, 2.05) is 30.3 Å². The minimum absolute atomic E-state index is 0.0464. The summed E-state index contributed by atoms with van der Waals surface area (Å²) in [4.78, 5) is 33.5. The monoisotopic (exact) mass is 390 g/mol. The van der Waals surface area contributed by atoms with Crippen LogP contribution in [0.25, 0.3) is 0 Å². The van der Waals surface area contributed by atoms with E-state index in [4.69, 9.17) is 16.7 Å². The van der Waals surface area contributed by atoms with Crippen molar-refractivity contribution >= 4 is 29.2 Å². The number of benzene rings is 2. The number of hydrogen-bond donors (Lipinski definition) is 2. The van der Waals surface area contributed by atoms with Crippen LogP contribution < -0.4 is 5.32 Å². The molecule has 0 heterocycles. The molecule has 0 saturated carbocycles. The molecule has 7 nitrogen and oxygen atoms in total. The van der Waals surface area contributed by atoms with E-state index in [9.17, 15) is 19.7 Å². The maximum Gasteiger partial charge on any atom is 0.303 e. The third-order valence-electron chi connectivity index (χ3n) is 4.00. The maximum atomic E-state index is 12.4. The van der Waals surface area contributed by atoms with Gasteiger partial charge < -0.3 is 10.4 Å². The van der Waals surface area contributed by atoms with Crippen molar-refractivity contribution in [2.75, 3.05) is 0 Å². The molecule has 0 radical (unpaired) electrons. The summed E-state index contributed by atoms with van der Waals surface area (Å²) in [7, 11) is 0. The van der Waals surface area contributed by atoms with Crippen LogP contribution in [-0.4, -0.2) is 27.9 Å². The Morgan fingerprint density at radius 1 is 1.19 bits per heavy atom. The summed E-state index contributed by atoms with van der Waals surface area (Å²) in [5.41, 5.74) is 1.31. The van der Waals surface area contributed by atoms with Gasteiger partial charge in [0.25, 0.3) is 5.69 Å². The standard InChI is InChI=1S/C19H19ClN2O5/c20-17-12-16(22(26)27)8-6-14(17)11-18(23)21-15(7-9-19(24)25)10-13-4-2-1-3-5-13/h1-6,8,12,15H,7,9-11H2,(H,21,23)(H,24,25). The molecule has 0 aliphatic rings. The number of aliphatic carboxylic acids is 1. The number of nitrogens with one attached hydrogen (secondary N) is 1. The van der Waals surface area contributed by atoms with Gasteiger partial charge in [-0.25, -0.2) is 0 Å². The normalized spacial score (nSPS) is 11.6. The van der Waals surface area contributed by atoms with Crippen LogP contribution in [-0.2, 0) is 22.4 Å². The molecule has 0 spiro atoms. The van der Waals surface area contributed by atoms with E-state index in [0.717, 1.165) is 5.56 Å². The Labute approximate surface area is 161 Å². The van der Waals surface area contributed by atoms with E-state index in [-0.39, 0.29) is 35.5 Å². The lowest BCUT2D eigenvalue weighted by Crippen LogP contribution is -2.37. The number of carbonyl (C=O) groups excluding carboxylic acids is 1. The van der Waals surface area contributed by atoms with Gasteiger partial charge in [-0.15, -0.1) is 0 Å². The number of non-ortho nitro benzene ring substituents is 1. The van der Waals surface area contributed by atoms with Crippen molar-refractivity contribution in [2.24, 2.45) is 0 Å². The van der Waals surface area contributed by atoms with Gasteiger partial charge in [0.2, 0.25) is 5.91 Å². The molecule has 2 rings (SSSR count). The molecule has 27 heavy (non-hydrogen) atoms. The van der Waals surface area contributed by atoms with Gasteiger partial charge in [-0.1, -0.05) is 48.0 Å². The number of carbonyl (C=O) groups is 2. The molecule has 0 aliphatic carbocycles. The lowest BCUT2D eigenvalue weighted by atomic mass is 10.0. The first-order valence-corrected chi connectivity index (χ1v) is 8.71. The number of hydrogen-bond acceptors (Lipinski definition) is 4. The Hall–Kier alpha value is -2.93. The number of amides is 1. The van der Waals surface area contributed by atoms with Gasteiger partial charge >= 0.3 is 5.97 Å². The van der Waals surface area contributed by atoms with Crippen molar-refractivity contribution in [3.8, 4) is 0 Å². The molecule has 2 aromatic rings. The zero-order valence-electron chi connectivity index (χ0n) is 14.4. The summed E-state index contributed by atoms with van der Waals surface area (Å²) in [6.45, 7) is 0. The molecule has 2 N–H and O–H groups in total. The minimum Gasteiger partial charge on any atom is -0.481 e. The Kier molecular flexibility index (Phi) is 7.31. The number of nitro groups is 1. The average molecular weight is 391 g/mol. The van der Waals surface area contributed by atoms with Gasteiger partial charge in [-0.05, 0) is 24.0 Å². The Morgan fingerprint density at radius 2 is 1.89 bits per heavy atom. The van der Waals surface area contributed by atoms with E-state index in [2.05, 4.69) is 5.32 Å². The van der Waals surface area contributed by atoms with Crippen molar-refractivity contribution < 1.29 is 19.6 Å². The lowest BCUT2D eigenvalue weighted by molar-refractivity contribution is -0.384. The number of carboxylic acids is 1. The van der Waals surface area contributed by atoms with Gasteiger partial charge in [0.1, 0.15) is 0 Å². The molecule has 0 fully saturated rings. The van der Waals surface area contributed by atoms with Crippen LogP contribution in [0.4, 0.5) is 5.69 Å². The zero-order valence-corrected chi connectivity index (χ0v) is 15.2. The number of nitrogens with zero attached hydrogens (tertiary/aromatic N) is 1. The molecule has 1 amide bonds. The fourth-order valence-corrected chi connectivity index (χ4v) is 2.91. The summed E-state index contributed by atoms with van der Waals surface area (Å²) >= 11 is 6.02. The van der Waals surface area contributed by atoms with E-state index in [1.54, 1.807) is 0 Å². The Morgan fingerprint density at radius 3 is 2.48 bits per heavy atom. The zero-order chi connectivity index (χ0) is 19.8. The molecule has 8 heteroatoms. The first kappa shape index (κ1) is 20.4. The van der Waals surface area contributed by atoms with E-state index < -0.39 is 10.9 Å². The predicted molar refractivity (Wildman–Crippen MR) is 101 cm³/mol. The van der Waals surface area contributed by atoms with Crippen molar-refractivity contribution in [3.63, 3.8) is 0 Å². The highest BCUT2D eigenvalue weighted by molar-refractivity contribution is 6.31. The maximum absolute atomic E-state index is 12.4. The van der Waals surface area contributed by atoms with Crippen LogP contribution >= 0.6 is 11.6 Å². The Balaban J connectivity index is 2.03. The summed E-state index contributed by atoms with van der Waals surface area (Å²) < 4.78 is 0. The van der Waals surface area contributed by atoms with Crippen molar-refractivity contribution in [1.82, 2.24) is 5.32 Å². The molecule has 0 aromatic heterocycles. The molecule has 0 aliphatic heterocycles. The molecule has 0 saturated heterocycles. The first-order valence-electron chi connectivity index (χ1n) is 8.33. The van der Waals surface area contributed by atoms with Crippen LogP contribution in [0.5, 0.6) is 0 Å². The Bertz CT molecular complexity index is 826. The van der Waals surface area contributed by atoms with Crippen LogP contribution in [0, 0.1) is 10.1 Å². The van der Waals surface area contributed by atoms with Crippen molar-refractivity contribution in [3.05, 3.63) is 74.8 Å². The topological polar surface area (TPSA) is 110 Å². The fraction of sp³-hybridized carbons (Fsp3) is 0.263. The van der Waals surface area contributed by atoms with E-state index >= 15 is 0 Å². The third-order valence-corrected chi connectivity index (χ3v) is 4.35. The fourth-order valence-electron chi connectivity index (χ4n) is 2.67. The molecule has 1 atom stereocenters. The summed E-state index contributed by atoms with van der Waals surface area (Å²) in [6, 6.07) is 13.1. The lowest BCUT2D eigenvalue weighted by Gasteiger charge is -2.18. The quantitative estimate of drug-likeness (QED) is 0.503. The SMILES string of the molecule is O=C(O)CCC(Cc1ccccc1)NC(=O)Cc1ccc([N+](=O)[O-])cc1Cl. The first-order chi connectivity index (χ1) is 12.8. The van der Waals surface area contributed by atoms with E-state index in [1.165, 1.54) is 18.2 Å². The van der Waals surface area contributed by atoms with E-state index in [0.29, 0.717) is 18.4 Å². The predicted octanol–water partition coefficient (Wildman–Crippen LogP) is 3.38. The second-order valence-corrected chi connectivity index (χ2v) is 6.50. The van der Waals surface area contributed by atoms with Gasteiger partial charge in [-0.2, -0.15) is 0 Å². The smallest absolute Gasteiger partial charge is 0.303 e. The summed E-state index contributed by atoms with van der Waals surface area (Å²) in [6.07, 6.45) is 0.697. The van der Waals surface area contributed by atoms with Crippen molar-refractivity contribution in [2.45, 2.75) is 31.7 Å². The summed E-state index contributed by atoms with van der Waals surface area (Å²) in [5.74, 6) is -1.25. The van der Waals surface area contributed by atoms with Gasteiger partial charge in [0.05, 0.1) is 16.4 Å². The van der Waals surface area contributed by atoms with Gasteiger partial charge in [0, 0.05) is 24.6 Å². The number of nitro benzene ring substituents is 1. The number of halogens is 1. The minimum atomic E-state index is -0.930. The van der Waals surface area contributed by atoms with Crippen molar-refractivity contribution in [1.29, 1.82) is 0 Å². The third kappa shape index (κ3) is 6.71. The molecule has 2 aromatic carbocycles. The molecular formula is C19H19ClN2O5. The van der Waals surface area contributed by atoms with Crippen LogP contribution in [0.15, 0.2) is 48.5 Å². The second kappa shape index (κ2) is 9.68. The molecular weight excluding hydrogens is 372 g/mol. The second-order valence-electron chi connectivity index (χ2n) is 6.10. The highest BCUT2D eigenvalue weighted by Gasteiger charge is 2.17. The number of carboxylic acid groups (broad SMARTS) is 1. The van der Waals surface area contributed by atoms with Gasteiger partial charge in [-0.3, -0.25) is 19.7 Å². The highest BCUT2D eigenvalue weighted by atomic mass is 35.5. The molecule has 0 bridgehead atoms. The molecule has 1 unspecified atom stereocenters. The number of rotatable bonds is 9. The van der Waals surface area contributed by atoms with Crippen LogP contribution in [0.1, 0.15) is 24.0 Å².